The van der Waals surface area contributed by atoms with Crippen molar-refractivity contribution in [1.29, 1.82) is 0 Å². The Bertz CT molecular complexity index is 677. The lowest BCUT2D eigenvalue weighted by Gasteiger charge is -2.16. The molecular formula is C12H12Cl3NO4S. The molecule has 1 N–H and O–H groups in total. The van der Waals surface area contributed by atoms with Gasteiger partial charge in [0.1, 0.15) is 4.90 Å². The molecule has 2 atom stereocenters. The predicted molar refractivity (Wildman–Crippen MR) is 80.8 cm³/mol. The summed E-state index contributed by atoms with van der Waals surface area (Å²) < 4.78 is 28.2. The molecular weight excluding hydrogens is 361 g/mol. The zero-order valence-corrected chi connectivity index (χ0v) is 14.0. The quantitative estimate of drug-likeness (QED) is 0.828. The lowest BCUT2D eigenvalue weighted by Crippen LogP contribution is -2.39. The smallest absolute Gasteiger partial charge is 0.262 e. The molecule has 0 saturated carbocycles. The molecule has 1 aliphatic heterocycles. The van der Waals surface area contributed by atoms with E-state index in [4.69, 9.17) is 38.6 Å². The molecule has 1 fully saturated rings. The van der Waals surface area contributed by atoms with Gasteiger partial charge in [-0.15, -0.1) is 0 Å². The largest absolute Gasteiger partial charge is 0.376 e. The van der Waals surface area contributed by atoms with Crippen molar-refractivity contribution < 1.29 is 17.9 Å². The maximum Gasteiger partial charge on any atom is 0.262 e. The van der Waals surface area contributed by atoms with Crippen LogP contribution in [0.3, 0.4) is 0 Å². The fourth-order valence-corrected chi connectivity index (χ4v) is 3.81. The molecule has 0 aromatic heterocycles. The minimum absolute atomic E-state index is 0.0562. The molecule has 1 heterocycles. The molecule has 1 aliphatic rings. The molecule has 5 nitrogen and oxygen atoms in total. The van der Waals surface area contributed by atoms with E-state index in [2.05, 4.69) is 5.32 Å². The number of benzene rings is 1. The van der Waals surface area contributed by atoms with Crippen molar-refractivity contribution in [2.45, 2.75) is 30.4 Å². The zero-order valence-electron chi connectivity index (χ0n) is 10.9. The first-order valence-corrected chi connectivity index (χ1v) is 9.13. The number of carbonyl (C=O) groups excluding carboxylic acids is 1. The van der Waals surface area contributed by atoms with Gasteiger partial charge in [0.15, 0.2) is 0 Å². The van der Waals surface area contributed by atoms with Crippen molar-refractivity contribution in [2.75, 3.05) is 6.61 Å². The summed E-state index contributed by atoms with van der Waals surface area (Å²) in [5.74, 6) is -0.461. The lowest BCUT2D eigenvalue weighted by atomic mass is 10.1. The third-order valence-electron chi connectivity index (χ3n) is 3.21. The van der Waals surface area contributed by atoms with Gasteiger partial charge in [-0.1, -0.05) is 23.2 Å². The average Bonchev–Trinajstić information content (AvgIpc) is 2.76. The van der Waals surface area contributed by atoms with E-state index in [9.17, 15) is 13.2 Å². The summed E-state index contributed by atoms with van der Waals surface area (Å²) in [5, 5.41) is 2.50. The molecule has 2 unspecified atom stereocenters. The number of hydrogen-bond donors (Lipinski definition) is 1. The second-order valence-electron chi connectivity index (χ2n) is 4.65. The number of nitrogens with one attached hydrogen (secondary N) is 1. The van der Waals surface area contributed by atoms with E-state index in [1.165, 1.54) is 6.07 Å². The molecule has 21 heavy (non-hydrogen) atoms. The van der Waals surface area contributed by atoms with Gasteiger partial charge < -0.3 is 10.1 Å². The molecule has 116 valence electrons. The summed E-state index contributed by atoms with van der Waals surface area (Å²) in [6.07, 6.45) is 0.586. The standard InChI is InChI=1S/C12H12Cl3NO4S/c1-6-9(2-3-20-6)16-12(17)7-4-8(13)11(14)10(5-7)21(15,18)19/h4-6,9H,2-3H2,1H3,(H,16,17). The van der Waals surface area contributed by atoms with Gasteiger partial charge in [-0.2, -0.15) is 0 Å². The first kappa shape index (κ1) is 16.8. The van der Waals surface area contributed by atoms with E-state index in [0.29, 0.717) is 13.0 Å². The van der Waals surface area contributed by atoms with Crippen molar-refractivity contribution in [3.63, 3.8) is 0 Å². The number of ether oxygens (including phenoxy) is 1. The molecule has 1 aromatic carbocycles. The number of rotatable bonds is 3. The van der Waals surface area contributed by atoms with Crippen LogP contribution in [0.1, 0.15) is 23.7 Å². The van der Waals surface area contributed by atoms with Gasteiger partial charge in [0.05, 0.1) is 22.2 Å². The third kappa shape index (κ3) is 3.81. The van der Waals surface area contributed by atoms with Crippen LogP contribution in [0.5, 0.6) is 0 Å². The predicted octanol–water partition coefficient (Wildman–Crippen LogP) is 2.83. The summed E-state index contributed by atoms with van der Waals surface area (Å²) in [6, 6.07) is 2.26. The second kappa shape index (κ2) is 6.30. The number of carbonyl (C=O) groups is 1. The highest BCUT2D eigenvalue weighted by molar-refractivity contribution is 8.13. The van der Waals surface area contributed by atoms with Crippen molar-refractivity contribution in [3.05, 3.63) is 27.7 Å². The van der Waals surface area contributed by atoms with Gasteiger partial charge in [-0.25, -0.2) is 8.42 Å². The normalized spacial score (nSPS) is 22.3. The minimum Gasteiger partial charge on any atom is -0.376 e. The molecule has 1 aromatic rings. The van der Waals surface area contributed by atoms with E-state index in [1.54, 1.807) is 0 Å². The van der Waals surface area contributed by atoms with Crippen molar-refractivity contribution in [2.24, 2.45) is 0 Å². The lowest BCUT2D eigenvalue weighted by molar-refractivity contribution is 0.0866. The van der Waals surface area contributed by atoms with Crippen LogP contribution in [0.4, 0.5) is 0 Å². The van der Waals surface area contributed by atoms with Crippen LogP contribution in [0.15, 0.2) is 17.0 Å². The van der Waals surface area contributed by atoms with Crippen LogP contribution in [0.25, 0.3) is 0 Å². The SMILES string of the molecule is CC1OCCC1NC(=O)c1cc(Cl)c(Cl)c(S(=O)(=O)Cl)c1. The van der Waals surface area contributed by atoms with Gasteiger partial charge in [0, 0.05) is 22.9 Å². The van der Waals surface area contributed by atoms with Gasteiger partial charge in [0.2, 0.25) is 0 Å². The summed E-state index contributed by atoms with van der Waals surface area (Å²) in [7, 11) is 1.18. The Kier molecular flexibility index (Phi) is 5.05. The fraction of sp³-hybridized carbons (Fsp3) is 0.417. The third-order valence-corrected chi connectivity index (χ3v) is 5.47. The molecule has 0 spiro atoms. The van der Waals surface area contributed by atoms with E-state index in [1.807, 2.05) is 6.92 Å². The maximum atomic E-state index is 12.2. The van der Waals surface area contributed by atoms with E-state index < -0.39 is 15.0 Å². The average molecular weight is 373 g/mol. The summed E-state index contributed by atoms with van der Waals surface area (Å²) in [5.41, 5.74) is 0.0720. The van der Waals surface area contributed by atoms with Crippen molar-refractivity contribution >= 4 is 48.8 Å². The molecule has 2 rings (SSSR count). The Morgan fingerprint density at radius 1 is 1.38 bits per heavy atom. The van der Waals surface area contributed by atoms with Crippen LogP contribution >= 0.6 is 33.9 Å². The molecule has 0 bridgehead atoms. The monoisotopic (exact) mass is 371 g/mol. The van der Waals surface area contributed by atoms with Crippen LogP contribution in [0, 0.1) is 0 Å². The highest BCUT2D eigenvalue weighted by Crippen LogP contribution is 2.32. The Morgan fingerprint density at radius 2 is 2.05 bits per heavy atom. The Morgan fingerprint density at radius 3 is 2.57 bits per heavy atom. The maximum absolute atomic E-state index is 12.2. The number of hydrogen-bond acceptors (Lipinski definition) is 4. The van der Waals surface area contributed by atoms with Crippen LogP contribution in [-0.2, 0) is 13.8 Å². The molecule has 1 saturated heterocycles. The first-order valence-electron chi connectivity index (χ1n) is 6.06. The number of amides is 1. The Labute approximate surface area is 136 Å². The zero-order chi connectivity index (χ0) is 15.8. The van der Waals surface area contributed by atoms with E-state index in [-0.39, 0.29) is 32.7 Å². The number of halogens is 3. The van der Waals surface area contributed by atoms with Gasteiger partial charge in [-0.3, -0.25) is 4.79 Å². The van der Waals surface area contributed by atoms with Gasteiger partial charge in [-0.05, 0) is 25.5 Å². The van der Waals surface area contributed by atoms with Gasteiger partial charge >= 0.3 is 0 Å². The van der Waals surface area contributed by atoms with E-state index >= 15 is 0 Å². The van der Waals surface area contributed by atoms with Crippen molar-refractivity contribution in [3.8, 4) is 0 Å². The van der Waals surface area contributed by atoms with Crippen LogP contribution in [0.2, 0.25) is 10.0 Å². The Hall–Kier alpha value is -0.530. The highest BCUT2D eigenvalue weighted by atomic mass is 35.7. The second-order valence-corrected chi connectivity index (χ2v) is 7.97. The molecule has 0 radical (unpaired) electrons. The Balaban J connectivity index is 2.32. The topological polar surface area (TPSA) is 72.5 Å². The van der Waals surface area contributed by atoms with Gasteiger partial charge in [0.25, 0.3) is 15.0 Å². The summed E-state index contributed by atoms with van der Waals surface area (Å²) >= 11 is 11.7. The first-order chi connectivity index (χ1) is 9.70. The summed E-state index contributed by atoms with van der Waals surface area (Å²) in [4.78, 5) is 11.8. The molecule has 0 aliphatic carbocycles. The fourth-order valence-electron chi connectivity index (χ4n) is 2.05. The van der Waals surface area contributed by atoms with Crippen LogP contribution < -0.4 is 5.32 Å². The minimum atomic E-state index is -4.10. The van der Waals surface area contributed by atoms with E-state index in [0.717, 1.165) is 6.07 Å². The summed E-state index contributed by atoms with van der Waals surface area (Å²) in [6.45, 7) is 2.41. The van der Waals surface area contributed by atoms with Crippen molar-refractivity contribution in [1.82, 2.24) is 5.32 Å². The molecule has 1 amide bonds. The van der Waals surface area contributed by atoms with Crippen LogP contribution in [-0.4, -0.2) is 33.1 Å². The molecule has 9 heteroatoms. The highest BCUT2D eigenvalue weighted by Gasteiger charge is 2.27.